The second-order valence-electron chi connectivity index (χ2n) is 9.55. The lowest BCUT2D eigenvalue weighted by atomic mass is 10.0. The molecule has 11 heteroatoms. The summed E-state index contributed by atoms with van der Waals surface area (Å²) in [6.07, 6.45) is 10.8. The molecule has 0 bridgehead atoms. The molecular formula is C27H44N4O7. The number of unbranched alkanes of at least 4 members (excludes halogenated alkanes) is 2. The third kappa shape index (κ3) is 14.1. The van der Waals surface area contributed by atoms with Crippen molar-refractivity contribution in [1.82, 2.24) is 21.3 Å². The van der Waals surface area contributed by atoms with Crippen molar-refractivity contribution >= 4 is 23.6 Å². The van der Waals surface area contributed by atoms with Crippen LogP contribution in [0.25, 0.3) is 0 Å². The van der Waals surface area contributed by atoms with Crippen LogP contribution in [0.2, 0.25) is 0 Å². The topological polar surface area (TPSA) is 177 Å². The average molecular weight is 537 g/mol. The lowest BCUT2D eigenvalue weighted by Crippen LogP contribution is -2.58. The summed E-state index contributed by atoms with van der Waals surface area (Å²) in [5.74, 6) is -2.28. The summed E-state index contributed by atoms with van der Waals surface area (Å²) in [5.41, 5.74) is 0. The molecule has 4 unspecified atom stereocenters. The van der Waals surface area contributed by atoms with E-state index >= 15 is 0 Å². The first-order chi connectivity index (χ1) is 18.0. The molecule has 214 valence electrons. The van der Waals surface area contributed by atoms with Crippen LogP contribution in [-0.4, -0.2) is 81.9 Å². The summed E-state index contributed by atoms with van der Waals surface area (Å²) >= 11 is 0. The van der Waals surface area contributed by atoms with Gasteiger partial charge in [0.15, 0.2) is 0 Å². The molecule has 1 heterocycles. The number of hydrogen-bond acceptors (Lipinski definition) is 7. The van der Waals surface area contributed by atoms with Crippen molar-refractivity contribution in [2.75, 3.05) is 6.54 Å². The van der Waals surface area contributed by atoms with Gasteiger partial charge in [-0.2, -0.15) is 0 Å². The zero-order valence-corrected chi connectivity index (χ0v) is 22.6. The maximum Gasteiger partial charge on any atom is 0.245 e. The van der Waals surface area contributed by atoms with Gasteiger partial charge in [0.25, 0.3) is 0 Å². The number of hydrogen-bond donors (Lipinski definition) is 7. The van der Waals surface area contributed by atoms with Gasteiger partial charge in [0.1, 0.15) is 12.1 Å². The van der Waals surface area contributed by atoms with E-state index in [1.807, 2.05) is 13.0 Å². The molecule has 0 aromatic rings. The number of carbonyl (C=O) groups is 4. The Morgan fingerprint density at radius 2 is 1.95 bits per heavy atom. The molecule has 7 N–H and O–H groups in total. The predicted molar refractivity (Wildman–Crippen MR) is 144 cm³/mol. The van der Waals surface area contributed by atoms with E-state index in [4.69, 9.17) is 0 Å². The molecule has 1 aliphatic heterocycles. The average Bonchev–Trinajstić information content (AvgIpc) is 2.86. The van der Waals surface area contributed by atoms with Crippen LogP contribution in [0.4, 0.5) is 0 Å². The highest BCUT2D eigenvalue weighted by Crippen LogP contribution is 2.07. The van der Waals surface area contributed by atoms with E-state index in [0.717, 1.165) is 32.1 Å². The molecule has 0 radical (unpaired) electrons. The fourth-order valence-electron chi connectivity index (χ4n) is 3.68. The second-order valence-corrected chi connectivity index (χ2v) is 9.55. The Morgan fingerprint density at radius 1 is 1.21 bits per heavy atom. The largest absolute Gasteiger partial charge is 0.393 e. The number of rotatable bonds is 12. The normalized spacial score (nSPS) is 24.4. The Balaban J connectivity index is 2.71. The molecule has 0 aliphatic carbocycles. The molecule has 11 nitrogen and oxygen atoms in total. The summed E-state index contributed by atoms with van der Waals surface area (Å²) in [7, 11) is 0. The van der Waals surface area contributed by atoms with Gasteiger partial charge in [0.2, 0.25) is 23.6 Å². The quantitative estimate of drug-likeness (QED) is 0.105. The molecule has 6 atom stereocenters. The lowest BCUT2D eigenvalue weighted by Gasteiger charge is -2.26. The molecule has 0 saturated carbocycles. The van der Waals surface area contributed by atoms with Gasteiger partial charge in [0, 0.05) is 31.2 Å². The zero-order valence-electron chi connectivity index (χ0n) is 22.6. The second kappa shape index (κ2) is 18.3. The molecule has 0 aromatic heterocycles. The highest BCUT2D eigenvalue weighted by Gasteiger charge is 2.31. The number of amides is 4. The number of aliphatic hydroxyl groups is 3. The Labute approximate surface area is 224 Å². The SMILES string of the molecule is CCC(O)CCCC/C=C/C=C/C(=O)NC(C(=O)N[C@H]1C[C@H](O)CCNC(=O)/C=C/C(C)NC1=O)C(C)O. The molecule has 38 heavy (non-hydrogen) atoms. The molecule has 0 fully saturated rings. The van der Waals surface area contributed by atoms with Gasteiger partial charge in [0.05, 0.1) is 18.3 Å². The number of aliphatic hydroxyl groups excluding tert-OH is 3. The summed E-state index contributed by atoms with van der Waals surface area (Å²) < 4.78 is 0. The minimum atomic E-state index is -1.33. The van der Waals surface area contributed by atoms with E-state index in [9.17, 15) is 34.5 Å². The molecule has 0 aromatic carbocycles. The summed E-state index contributed by atoms with van der Waals surface area (Å²) in [6, 6.07) is -2.97. The van der Waals surface area contributed by atoms with Gasteiger partial charge in [-0.15, -0.1) is 0 Å². The van der Waals surface area contributed by atoms with Gasteiger partial charge >= 0.3 is 0 Å². The van der Waals surface area contributed by atoms with E-state index in [1.165, 1.54) is 31.2 Å². The summed E-state index contributed by atoms with van der Waals surface area (Å²) in [5, 5.41) is 40.2. The van der Waals surface area contributed by atoms with Gasteiger partial charge < -0.3 is 36.6 Å². The fraction of sp³-hybridized carbons (Fsp3) is 0.630. The van der Waals surface area contributed by atoms with Crippen molar-refractivity contribution in [1.29, 1.82) is 0 Å². The molecule has 0 saturated heterocycles. The number of allylic oxidation sites excluding steroid dienone is 3. The smallest absolute Gasteiger partial charge is 0.245 e. The minimum Gasteiger partial charge on any atom is -0.393 e. The summed E-state index contributed by atoms with van der Waals surface area (Å²) in [4.78, 5) is 49.7. The Bertz CT molecular complexity index is 856. The van der Waals surface area contributed by atoms with E-state index < -0.39 is 48.1 Å². The first-order valence-electron chi connectivity index (χ1n) is 13.3. The Kier molecular flexibility index (Phi) is 15.9. The van der Waals surface area contributed by atoms with Crippen molar-refractivity contribution in [2.24, 2.45) is 0 Å². The Hall–Kier alpha value is -3.02. The molecule has 4 amide bonds. The van der Waals surface area contributed by atoms with E-state index in [0.29, 0.717) is 0 Å². The van der Waals surface area contributed by atoms with Gasteiger partial charge in [-0.25, -0.2) is 0 Å². The molecule has 1 aliphatic rings. The van der Waals surface area contributed by atoms with Gasteiger partial charge in [-0.3, -0.25) is 19.2 Å². The maximum atomic E-state index is 12.9. The van der Waals surface area contributed by atoms with Gasteiger partial charge in [-0.05, 0) is 46.0 Å². The summed E-state index contributed by atoms with van der Waals surface area (Å²) in [6.45, 7) is 5.13. The van der Waals surface area contributed by atoms with Crippen LogP contribution in [0.15, 0.2) is 36.5 Å². The Morgan fingerprint density at radius 3 is 2.63 bits per heavy atom. The first-order valence-corrected chi connectivity index (χ1v) is 13.3. The van der Waals surface area contributed by atoms with Crippen LogP contribution in [-0.2, 0) is 19.2 Å². The van der Waals surface area contributed by atoms with Crippen LogP contribution < -0.4 is 21.3 Å². The molecule has 0 spiro atoms. The monoisotopic (exact) mass is 536 g/mol. The van der Waals surface area contributed by atoms with E-state index in [-0.39, 0.29) is 31.4 Å². The molecular weight excluding hydrogens is 492 g/mol. The van der Waals surface area contributed by atoms with Gasteiger partial charge in [-0.1, -0.05) is 37.6 Å². The van der Waals surface area contributed by atoms with Crippen LogP contribution in [0, 0.1) is 0 Å². The fourth-order valence-corrected chi connectivity index (χ4v) is 3.68. The van der Waals surface area contributed by atoms with Crippen molar-refractivity contribution in [3.63, 3.8) is 0 Å². The van der Waals surface area contributed by atoms with Crippen LogP contribution in [0.5, 0.6) is 0 Å². The van der Waals surface area contributed by atoms with Crippen LogP contribution >= 0.6 is 0 Å². The number of nitrogens with one attached hydrogen (secondary N) is 4. The first kappa shape index (κ1) is 33.0. The zero-order chi connectivity index (χ0) is 28.5. The standard InChI is InChI=1S/C27H44N4O7/c1-4-20(33)11-9-7-5-6-8-10-12-24(36)31-25(19(3)32)27(38)30-22-17-21(34)15-16-28-23(35)14-13-18(2)29-26(22)37/h6,8,10,12-14,18-22,25,32-34H,4-5,7,9,11,15-17H2,1-3H3,(H,28,35)(H,29,37)(H,30,38)(H,31,36)/b8-6+,12-10+,14-13+/t18?,19?,20?,21-,22+,25?/m1/s1. The van der Waals surface area contributed by atoms with E-state index in [1.54, 1.807) is 13.0 Å². The highest BCUT2D eigenvalue weighted by molar-refractivity contribution is 5.95. The lowest BCUT2D eigenvalue weighted by molar-refractivity contribution is -0.134. The van der Waals surface area contributed by atoms with Crippen LogP contribution in [0.1, 0.15) is 65.7 Å². The maximum absolute atomic E-state index is 12.9. The third-order valence-electron chi connectivity index (χ3n) is 6.01. The van der Waals surface area contributed by atoms with Crippen molar-refractivity contribution in [3.05, 3.63) is 36.5 Å². The molecule has 1 rings (SSSR count). The number of carbonyl (C=O) groups excluding carboxylic acids is 4. The van der Waals surface area contributed by atoms with E-state index in [2.05, 4.69) is 21.3 Å². The minimum absolute atomic E-state index is 0.119. The van der Waals surface area contributed by atoms with Crippen molar-refractivity contribution in [3.8, 4) is 0 Å². The van der Waals surface area contributed by atoms with Crippen molar-refractivity contribution < 1.29 is 34.5 Å². The predicted octanol–water partition coefficient (Wildman–Crippen LogP) is 0.112. The van der Waals surface area contributed by atoms with Crippen molar-refractivity contribution in [2.45, 2.75) is 102 Å². The highest BCUT2D eigenvalue weighted by atomic mass is 16.3. The van der Waals surface area contributed by atoms with Crippen LogP contribution in [0.3, 0.4) is 0 Å². The third-order valence-corrected chi connectivity index (χ3v) is 6.01.